The van der Waals surface area contributed by atoms with Gasteiger partial charge in [-0.3, -0.25) is 9.69 Å². The van der Waals surface area contributed by atoms with Crippen LogP contribution in [0.15, 0.2) is 24.3 Å². The molecule has 1 amide bonds. The topological polar surface area (TPSA) is 65.4 Å². The predicted molar refractivity (Wildman–Crippen MR) is 79.3 cm³/mol. The maximum atomic E-state index is 13.5. The van der Waals surface area contributed by atoms with Gasteiger partial charge < -0.3 is 10.1 Å². The van der Waals surface area contributed by atoms with Crippen LogP contribution in [0.1, 0.15) is 18.5 Å². The summed E-state index contributed by atoms with van der Waals surface area (Å²) in [6.07, 6.45) is 0. The number of hydrogen-bond acceptors (Lipinski definition) is 4. The van der Waals surface area contributed by atoms with Gasteiger partial charge in [-0.25, -0.2) is 4.39 Å². The van der Waals surface area contributed by atoms with Crippen LogP contribution in [0, 0.1) is 23.1 Å². The van der Waals surface area contributed by atoms with Crippen LogP contribution in [0.4, 0.5) is 4.39 Å². The number of morpholine rings is 1. The van der Waals surface area contributed by atoms with Crippen LogP contribution >= 0.6 is 0 Å². The summed E-state index contributed by atoms with van der Waals surface area (Å²) in [5.74, 6) is -0.842. The number of nitriles is 1. The summed E-state index contributed by atoms with van der Waals surface area (Å²) in [7, 11) is 0. The second kappa shape index (κ2) is 7.87. The quantitative estimate of drug-likeness (QED) is 0.895. The highest BCUT2D eigenvalue weighted by molar-refractivity contribution is 5.83. The van der Waals surface area contributed by atoms with Crippen LogP contribution in [0.3, 0.4) is 0 Å². The third-order valence-electron chi connectivity index (χ3n) is 3.63. The fourth-order valence-electron chi connectivity index (χ4n) is 2.44. The summed E-state index contributed by atoms with van der Waals surface area (Å²) >= 11 is 0. The fraction of sp³-hybridized carbons (Fsp3) is 0.500. The molecule has 1 N–H and O–H groups in total. The van der Waals surface area contributed by atoms with Crippen molar-refractivity contribution in [2.45, 2.75) is 13.0 Å². The van der Waals surface area contributed by atoms with Gasteiger partial charge in [-0.1, -0.05) is 12.1 Å². The lowest BCUT2D eigenvalue weighted by molar-refractivity contribution is -0.128. The van der Waals surface area contributed by atoms with Gasteiger partial charge in [0, 0.05) is 19.6 Å². The van der Waals surface area contributed by atoms with Crippen molar-refractivity contribution >= 4 is 5.91 Å². The first-order valence-corrected chi connectivity index (χ1v) is 7.36. The summed E-state index contributed by atoms with van der Waals surface area (Å²) < 4.78 is 18.8. The number of nitrogens with one attached hydrogen (secondary N) is 1. The molecule has 0 saturated carbocycles. The number of hydrogen-bond donors (Lipinski definition) is 1. The number of carbonyl (C=O) groups excluding carboxylic acids is 1. The van der Waals surface area contributed by atoms with Crippen LogP contribution < -0.4 is 5.32 Å². The normalized spacial score (nSPS) is 18.2. The molecule has 6 heteroatoms. The van der Waals surface area contributed by atoms with E-state index in [0.29, 0.717) is 31.9 Å². The second-order valence-corrected chi connectivity index (χ2v) is 5.38. The summed E-state index contributed by atoms with van der Waals surface area (Å²) in [5.41, 5.74) is 0.615. The van der Waals surface area contributed by atoms with E-state index in [0.717, 1.165) is 0 Å². The lowest BCUT2D eigenvalue weighted by Crippen LogP contribution is -2.46. The van der Waals surface area contributed by atoms with Crippen molar-refractivity contribution in [1.82, 2.24) is 10.2 Å². The molecule has 118 valence electrons. The van der Waals surface area contributed by atoms with Crippen molar-refractivity contribution in [2.24, 2.45) is 5.92 Å². The van der Waals surface area contributed by atoms with Crippen molar-refractivity contribution in [3.05, 3.63) is 35.6 Å². The van der Waals surface area contributed by atoms with E-state index in [4.69, 9.17) is 10.00 Å². The Morgan fingerprint density at radius 1 is 1.50 bits per heavy atom. The first-order valence-electron chi connectivity index (χ1n) is 7.36. The zero-order valence-corrected chi connectivity index (χ0v) is 12.6. The number of nitrogens with zero attached hydrogens (tertiary/aromatic N) is 2. The molecule has 0 unspecified atom stereocenters. The van der Waals surface area contributed by atoms with E-state index in [-0.39, 0.29) is 24.2 Å². The second-order valence-electron chi connectivity index (χ2n) is 5.38. The van der Waals surface area contributed by atoms with E-state index in [2.05, 4.69) is 11.4 Å². The summed E-state index contributed by atoms with van der Waals surface area (Å²) in [6.45, 7) is 4.35. The highest BCUT2D eigenvalue weighted by Crippen LogP contribution is 2.23. The number of ether oxygens (including phenoxy) is 1. The molecule has 0 aliphatic carbocycles. The molecule has 22 heavy (non-hydrogen) atoms. The maximum Gasteiger partial charge on any atom is 0.242 e. The van der Waals surface area contributed by atoms with Crippen LogP contribution in [0.5, 0.6) is 0 Å². The van der Waals surface area contributed by atoms with Crippen LogP contribution in [-0.4, -0.2) is 43.7 Å². The average Bonchev–Trinajstić information content (AvgIpc) is 2.54. The van der Waals surface area contributed by atoms with Gasteiger partial charge >= 0.3 is 0 Å². The summed E-state index contributed by atoms with van der Waals surface area (Å²) in [4.78, 5) is 14.5. The Labute approximate surface area is 129 Å². The number of carbonyl (C=O) groups is 1. The first-order chi connectivity index (χ1) is 10.6. The molecule has 1 aliphatic heterocycles. The minimum atomic E-state index is -0.564. The monoisotopic (exact) mass is 305 g/mol. The maximum absolute atomic E-state index is 13.5. The standard InChI is InChI=1S/C16H20FN3O2/c1-12(10-18)11-19-16(21)15(20-5-7-22-8-6-20)13-3-2-4-14(17)9-13/h2-4,9,12,15H,5-8,11H2,1H3,(H,19,21)/t12-,15+/m1/s1. The minimum Gasteiger partial charge on any atom is -0.379 e. The molecule has 2 atom stereocenters. The molecule has 0 aromatic heterocycles. The van der Waals surface area contributed by atoms with E-state index < -0.39 is 6.04 Å². The molecule has 1 heterocycles. The molecule has 1 saturated heterocycles. The number of benzene rings is 1. The van der Waals surface area contributed by atoms with Gasteiger partial charge in [0.1, 0.15) is 11.9 Å². The summed E-state index contributed by atoms with van der Waals surface area (Å²) in [6, 6.07) is 7.60. The van der Waals surface area contributed by atoms with Crippen LogP contribution in [0.25, 0.3) is 0 Å². The molecular weight excluding hydrogens is 285 g/mol. The molecule has 5 nitrogen and oxygen atoms in total. The van der Waals surface area contributed by atoms with Crippen molar-refractivity contribution in [3.63, 3.8) is 0 Å². The van der Waals surface area contributed by atoms with Gasteiger partial charge in [0.15, 0.2) is 0 Å². The SMILES string of the molecule is C[C@H](C#N)CNC(=O)[C@H](c1cccc(F)c1)N1CCOCC1. The largest absolute Gasteiger partial charge is 0.379 e. The van der Waals surface area contributed by atoms with Crippen molar-refractivity contribution in [2.75, 3.05) is 32.8 Å². The van der Waals surface area contributed by atoms with Gasteiger partial charge in [-0.2, -0.15) is 5.26 Å². The molecule has 0 spiro atoms. The van der Waals surface area contributed by atoms with Crippen LogP contribution in [-0.2, 0) is 9.53 Å². The minimum absolute atomic E-state index is 0.213. The smallest absolute Gasteiger partial charge is 0.242 e. The van der Waals surface area contributed by atoms with Gasteiger partial charge in [-0.15, -0.1) is 0 Å². The van der Waals surface area contributed by atoms with E-state index >= 15 is 0 Å². The predicted octanol–water partition coefficient (Wildman–Crippen LogP) is 1.47. The number of rotatable bonds is 5. The Bertz CT molecular complexity index is 553. The molecule has 0 radical (unpaired) electrons. The zero-order chi connectivity index (χ0) is 15.9. The Kier molecular flexibility index (Phi) is 5.87. The Morgan fingerprint density at radius 2 is 2.23 bits per heavy atom. The Morgan fingerprint density at radius 3 is 2.86 bits per heavy atom. The first kappa shape index (κ1) is 16.4. The lowest BCUT2D eigenvalue weighted by Gasteiger charge is -2.33. The van der Waals surface area contributed by atoms with E-state index in [9.17, 15) is 9.18 Å². The van der Waals surface area contributed by atoms with Crippen molar-refractivity contribution < 1.29 is 13.9 Å². The van der Waals surface area contributed by atoms with E-state index in [1.807, 2.05) is 4.90 Å². The molecule has 1 aromatic carbocycles. The average molecular weight is 305 g/mol. The Hall–Kier alpha value is -1.97. The molecule has 2 rings (SSSR count). The number of amides is 1. The van der Waals surface area contributed by atoms with Gasteiger partial charge in [0.2, 0.25) is 5.91 Å². The molecule has 0 bridgehead atoms. The zero-order valence-electron chi connectivity index (χ0n) is 12.6. The van der Waals surface area contributed by atoms with Crippen molar-refractivity contribution in [3.8, 4) is 6.07 Å². The molecule has 1 aliphatic rings. The highest BCUT2D eigenvalue weighted by atomic mass is 19.1. The fourth-order valence-corrected chi connectivity index (χ4v) is 2.44. The third kappa shape index (κ3) is 4.26. The Balaban J connectivity index is 2.17. The van der Waals surface area contributed by atoms with Gasteiger partial charge in [-0.05, 0) is 24.6 Å². The number of halogens is 1. The summed E-state index contributed by atoms with van der Waals surface area (Å²) in [5, 5.41) is 11.6. The van der Waals surface area contributed by atoms with Crippen molar-refractivity contribution in [1.29, 1.82) is 5.26 Å². The molecule has 1 fully saturated rings. The van der Waals surface area contributed by atoms with E-state index in [1.54, 1.807) is 19.1 Å². The van der Waals surface area contributed by atoms with E-state index in [1.165, 1.54) is 12.1 Å². The molecular formula is C16H20FN3O2. The highest BCUT2D eigenvalue weighted by Gasteiger charge is 2.29. The lowest BCUT2D eigenvalue weighted by atomic mass is 10.0. The third-order valence-corrected chi connectivity index (χ3v) is 3.63. The van der Waals surface area contributed by atoms with Gasteiger partial charge in [0.25, 0.3) is 0 Å². The van der Waals surface area contributed by atoms with Gasteiger partial charge in [0.05, 0.1) is 25.2 Å². The molecule has 1 aromatic rings. The van der Waals surface area contributed by atoms with Crippen LogP contribution in [0.2, 0.25) is 0 Å².